The van der Waals surface area contributed by atoms with E-state index in [0.29, 0.717) is 33.7 Å². The zero-order chi connectivity index (χ0) is 40.8. The lowest BCUT2D eigenvalue weighted by Gasteiger charge is -2.50. The summed E-state index contributed by atoms with van der Waals surface area (Å²) in [6.07, 6.45) is -9.12. The molecule has 4 aliphatic rings. The molecule has 1 saturated carbocycles. The second kappa shape index (κ2) is 13.5. The number of aromatic hydroxyl groups is 1. The summed E-state index contributed by atoms with van der Waals surface area (Å²) in [7, 11) is 0. The van der Waals surface area contributed by atoms with Crippen molar-refractivity contribution < 1.29 is 55.4 Å². The Morgan fingerprint density at radius 3 is 2.09 bits per heavy atom. The minimum atomic E-state index is -5.24. The molecule has 4 aromatic rings. The Labute approximate surface area is 326 Å². The Morgan fingerprint density at radius 1 is 0.772 bits per heavy atom. The van der Waals surface area contributed by atoms with Crippen molar-refractivity contribution in [3.05, 3.63) is 130 Å². The molecule has 0 radical (unpaired) electrons. The molecule has 0 spiro atoms. The molecule has 57 heavy (non-hydrogen) atoms. The van der Waals surface area contributed by atoms with Gasteiger partial charge in [0.1, 0.15) is 0 Å². The van der Waals surface area contributed by atoms with Crippen LogP contribution in [-0.4, -0.2) is 35.3 Å². The molecule has 2 aliphatic heterocycles. The number of carbonyl (C=O) groups is 4. The van der Waals surface area contributed by atoms with E-state index < -0.39 is 87.8 Å². The first-order valence-corrected chi connectivity index (χ1v) is 18.4. The van der Waals surface area contributed by atoms with Gasteiger partial charge in [0, 0.05) is 10.9 Å². The highest BCUT2D eigenvalue weighted by atomic mass is 35.5. The van der Waals surface area contributed by atoms with E-state index in [2.05, 4.69) is 0 Å². The highest BCUT2D eigenvalue weighted by Gasteiger charge is 2.70. The number of halogens is 7. The first-order chi connectivity index (χ1) is 27.0. The molecule has 3 fully saturated rings. The molecule has 4 aromatic carbocycles. The molecule has 6 atom stereocenters. The van der Waals surface area contributed by atoms with Gasteiger partial charge in [-0.15, -0.1) is 0 Å². The zero-order valence-corrected chi connectivity index (χ0v) is 30.5. The number of phenolic OH excluding ortho intramolecular Hbond substituents is 1. The maximum atomic E-state index is 15.4. The van der Waals surface area contributed by atoms with Crippen LogP contribution in [0.3, 0.4) is 0 Å². The number of nitrogens with zero attached hydrogens (tertiary/aromatic N) is 2. The fourth-order valence-electron chi connectivity index (χ4n) is 9.42. The molecule has 1 N–H and O–H groups in total. The number of imide groups is 2. The Hall–Kier alpha value is -5.63. The third kappa shape index (κ3) is 5.90. The largest absolute Gasteiger partial charge is 0.504 e. The number of alkyl halides is 6. The molecule has 2 saturated heterocycles. The van der Waals surface area contributed by atoms with Crippen molar-refractivity contribution in [2.24, 2.45) is 23.7 Å². The standard InChI is InChI=1S/C42H31ClF6N2O6/c1-2-57-33-15-21(11-14-32(33)52)35-28-12-13-29-34(38(55)50(36(29)53)27-17-23(41(44,45)46)16-24(18-27)42(47,48)49)30(28)20-31-37(54)51(26-10-6-9-25(43)19-26)39(56)40(31,35)22-7-4-3-5-8-22/h3-12,14-19,29-31,34-35,52H,2,13,20H2,1H3. The number of hydrogen-bond donors (Lipinski definition) is 1. The van der Waals surface area contributed by atoms with E-state index in [1.165, 1.54) is 18.2 Å². The quantitative estimate of drug-likeness (QED) is 0.119. The highest BCUT2D eigenvalue weighted by molar-refractivity contribution is 6.32. The minimum absolute atomic E-state index is 0.0675. The van der Waals surface area contributed by atoms with Crippen molar-refractivity contribution in [2.45, 2.75) is 43.5 Å². The normalized spacial score (nSPS) is 26.0. The van der Waals surface area contributed by atoms with Crippen LogP contribution >= 0.6 is 11.6 Å². The Morgan fingerprint density at radius 2 is 1.46 bits per heavy atom. The molecule has 6 unspecified atom stereocenters. The molecule has 8 rings (SSSR count). The summed E-state index contributed by atoms with van der Waals surface area (Å²) in [5, 5.41) is 11.0. The van der Waals surface area contributed by atoms with Gasteiger partial charge in [-0.2, -0.15) is 26.3 Å². The SMILES string of the molecule is CCOc1cc(C2C3=CCC4C(=O)N(c5cc(C(F)(F)F)cc(C(F)(F)F)c5)C(=O)C4C3CC3C(=O)N(c4cccc(Cl)c4)C(=O)C32c2ccccc2)ccc1O. The van der Waals surface area contributed by atoms with Crippen molar-refractivity contribution in [2.75, 3.05) is 16.4 Å². The average Bonchev–Trinajstić information content (AvgIpc) is 3.56. The van der Waals surface area contributed by atoms with Gasteiger partial charge in [-0.3, -0.25) is 19.2 Å². The zero-order valence-electron chi connectivity index (χ0n) is 29.8. The van der Waals surface area contributed by atoms with Gasteiger partial charge in [-0.05, 0) is 85.3 Å². The molecule has 0 bridgehead atoms. The van der Waals surface area contributed by atoms with Crippen LogP contribution in [0.4, 0.5) is 37.7 Å². The molecular weight excluding hydrogens is 778 g/mol. The van der Waals surface area contributed by atoms with Crippen molar-refractivity contribution in [3.63, 3.8) is 0 Å². The lowest BCUT2D eigenvalue weighted by molar-refractivity contribution is -0.143. The number of hydrogen-bond acceptors (Lipinski definition) is 6. The predicted octanol–water partition coefficient (Wildman–Crippen LogP) is 8.85. The van der Waals surface area contributed by atoms with Crippen LogP contribution in [-0.2, 0) is 36.9 Å². The van der Waals surface area contributed by atoms with Crippen LogP contribution in [0, 0.1) is 23.7 Å². The molecule has 294 valence electrons. The highest BCUT2D eigenvalue weighted by Crippen LogP contribution is 2.65. The van der Waals surface area contributed by atoms with Crippen LogP contribution in [0.25, 0.3) is 0 Å². The molecule has 2 aliphatic carbocycles. The van der Waals surface area contributed by atoms with Crippen molar-refractivity contribution in [3.8, 4) is 11.5 Å². The number of carbonyl (C=O) groups excluding carboxylic acids is 4. The van der Waals surface area contributed by atoms with Gasteiger partial charge in [0.15, 0.2) is 11.5 Å². The Balaban J connectivity index is 1.33. The van der Waals surface area contributed by atoms with Gasteiger partial charge in [-0.1, -0.05) is 65.7 Å². The van der Waals surface area contributed by atoms with Crippen molar-refractivity contribution in [1.82, 2.24) is 0 Å². The number of fused-ring (bicyclic) bond motifs is 4. The number of benzene rings is 4. The van der Waals surface area contributed by atoms with Gasteiger partial charge >= 0.3 is 12.4 Å². The predicted molar refractivity (Wildman–Crippen MR) is 194 cm³/mol. The Bertz CT molecular complexity index is 2350. The van der Waals surface area contributed by atoms with Crippen LogP contribution < -0.4 is 14.5 Å². The molecule has 15 heteroatoms. The van der Waals surface area contributed by atoms with Crippen LogP contribution in [0.2, 0.25) is 5.02 Å². The number of phenols is 1. The third-order valence-corrected chi connectivity index (χ3v) is 11.8. The van der Waals surface area contributed by atoms with E-state index in [1.807, 2.05) is 0 Å². The minimum Gasteiger partial charge on any atom is -0.504 e. The Kier molecular flexibility index (Phi) is 9.06. The van der Waals surface area contributed by atoms with Crippen LogP contribution in [0.5, 0.6) is 11.5 Å². The summed E-state index contributed by atoms with van der Waals surface area (Å²) in [5.74, 6) is -9.15. The lowest BCUT2D eigenvalue weighted by atomic mass is 9.49. The van der Waals surface area contributed by atoms with Gasteiger partial charge in [-0.25, -0.2) is 9.80 Å². The first kappa shape index (κ1) is 38.3. The molecule has 8 nitrogen and oxygen atoms in total. The smallest absolute Gasteiger partial charge is 0.416 e. The van der Waals surface area contributed by atoms with Crippen molar-refractivity contribution in [1.29, 1.82) is 0 Å². The van der Waals surface area contributed by atoms with Gasteiger partial charge in [0.25, 0.3) is 0 Å². The van der Waals surface area contributed by atoms with E-state index in [1.54, 1.807) is 67.6 Å². The van der Waals surface area contributed by atoms with Gasteiger partial charge in [0.05, 0.1) is 52.3 Å². The topological polar surface area (TPSA) is 104 Å². The van der Waals surface area contributed by atoms with E-state index in [-0.39, 0.29) is 47.7 Å². The fourth-order valence-corrected chi connectivity index (χ4v) is 9.61. The number of ether oxygens (including phenoxy) is 1. The number of anilines is 2. The van der Waals surface area contributed by atoms with E-state index in [0.717, 1.165) is 4.90 Å². The van der Waals surface area contributed by atoms with Crippen molar-refractivity contribution >= 4 is 46.6 Å². The molecule has 4 amide bonds. The second-order valence-corrected chi connectivity index (χ2v) is 15.0. The average molecular weight is 809 g/mol. The van der Waals surface area contributed by atoms with Gasteiger partial charge < -0.3 is 9.84 Å². The number of allylic oxidation sites excluding steroid dienone is 2. The summed E-state index contributed by atoms with van der Waals surface area (Å²) in [4.78, 5) is 60.3. The van der Waals surface area contributed by atoms with Crippen LogP contribution in [0.15, 0.2) is 103 Å². The first-order valence-electron chi connectivity index (χ1n) is 18.0. The lowest BCUT2D eigenvalue weighted by Crippen LogP contribution is -2.53. The number of amides is 4. The van der Waals surface area contributed by atoms with Crippen LogP contribution in [0.1, 0.15) is 47.9 Å². The fraction of sp³-hybridized carbons (Fsp3) is 0.286. The summed E-state index contributed by atoms with van der Waals surface area (Å²) in [6, 6.07) is 19.8. The van der Waals surface area contributed by atoms with E-state index in [9.17, 15) is 45.8 Å². The third-order valence-electron chi connectivity index (χ3n) is 11.6. The van der Waals surface area contributed by atoms with Gasteiger partial charge in [0.2, 0.25) is 23.6 Å². The number of rotatable bonds is 6. The summed E-state index contributed by atoms with van der Waals surface area (Å²) in [6.45, 7) is 1.85. The molecule has 0 aromatic heterocycles. The van der Waals surface area contributed by atoms with E-state index in [4.69, 9.17) is 16.3 Å². The second-order valence-electron chi connectivity index (χ2n) is 14.5. The summed E-state index contributed by atoms with van der Waals surface area (Å²) in [5.41, 5.74) is -4.44. The molecular formula is C42H31ClF6N2O6. The maximum absolute atomic E-state index is 15.4. The molecule has 2 heterocycles. The monoisotopic (exact) mass is 808 g/mol. The van der Waals surface area contributed by atoms with E-state index >= 15 is 4.79 Å². The summed E-state index contributed by atoms with van der Waals surface area (Å²) >= 11 is 6.34. The summed E-state index contributed by atoms with van der Waals surface area (Å²) < 4.78 is 89.3. The maximum Gasteiger partial charge on any atom is 0.416 e.